The Morgan fingerprint density at radius 2 is 2.12 bits per heavy atom. The number of aliphatic carboxylic acids is 1. The van der Waals surface area contributed by atoms with E-state index in [-0.39, 0.29) is 17.1 Å². The molecule has 0 aliphatic carbocycles. The van der Waals surface area contributed by atoms with Gasteiger partial charge < -0.3 is 16.2 Å². The second-order valence-corrected chi connectivity index (χ2v) is 5.09. The van der Waals surface area contributed by atoms with E-state index in [0.717, 1.165) is 0 Å². The molecular formula is C9H13N3O4S. The zero-order chi connectivity index (χ0) is 13.1. The van der Waals surface area contributed by atoms with Crippen LogP contribution < -0.4 is 15.8 Å². The van der Waals surface area contributed by atoms with Crippen molar-refractivity contribution in [2.24, 2.45) is 0 Å². The number of rotatable bonds is 5. The average molecular weight is 259 g/mol. The molecule has 1 aromatic carbocycles. The molecule has 0 fully saturated rings. The van der Waals surface area contributed by atoms with Crippen LogP contribution in [0.4, 0.5) is 11.4 Å². The van der Waals surface area contributed by atoms with Gasteiger partial charge in [0.15, 0.2) is 0 Å². The van der Waals surface area contributed by atoms with Crippen LogP contribution in [0.1, 0.15) is 0 Å². The molecule has 0 aliphatic rings. The van der Waals surface area contributed by atoms with Crippen molar-refractivity contribution in [3.63, 3.8) is 0 Å². The molecule has 7 nitrogen and oxygen atoms in total. The van der Waals surface area contributed by atoms with E-state index in [4.69, 9.17) is 10.8 Å². The topological polar surface area (TPSA) is 122 Å². The smallest absolute Gasteiger partial charge is 0.322 e. The van der Waals surface area contributed by atoms with Crippen LogP contribution in [0.3, 0.4) is 0 Å². The van der Waals surface area contributed by atoms with Crippen molar-refractivity contribution < 1.29 is 18.3 Å². The lowest BCUT2D eigenvalue weighted by molar-refractivity contribution is -0.134. The lowest BCUT2D eigenvalue weighted by Gasteiger charge is -2.09. The third-order valence-electron chi connectivity index (χ3n) is 2.03. The monoisotopic (exact) mass is 259 g/mol. The summed E-state index contributed by atoms with van der Waals surface area (Å²) in [7, 11) is -2.25. The summed E-state index contributed by atoms with van der Waals surface area (Å²) in [6, 6.07) is 4.02. The first-order valence-corrected chi connectivity index (χ1v) is 6.14. The van der Waals surface area contributed by atoms with E-state index in [2.05, 4.69) is 10.0 Å². The summed E-state index contributed by atoms with van der Waals surface area (Å²) in [6.45, 7) is -0.289. The number of nitrogen functional groups attached to an aromatic ring is 1. The van der Waals surface area contributed by atoms with Gasteiger partial charge in [0.25, 0.3) is 0 Å². The highest BCUT2D eigenvalue weighted by molar-refractivity contribution is 7.89. The Morgan fingerprint density at radius 3 is 2.59 bits per heavy atom. The molecule has 5 N–H and O–H groups in total. The fourth-order valence-electron chi connectivity index (χ4n) is 1.16. The second kappa shape index (κ2) is 5.02. The second-order valence-electron chi connectivity index (χ2n) is 3.20. The molecule has 1 rings (SSSR count). The van der Waals surface area contributed by atoms with Gasteiger partial charge in [-0.3, -0.25) is 4.79 Å². The molecule has 0 aliphatic heterocycles. The molecule has 8 heteroatoms. The molecule has 0 heterocycles. The van der Waals surface area contributed by atoms with Gasteiger partial charge in [0.1, 0.15) is 6.54 Å². The largest absolute Gasteiger partial charge is 0.480 e. The number of nitrogens with two attached hydrogens (primary N) is 1. The third-order valence-corrected chi connectivity index (χ3v) is 3.44. The van der Waals surface area contributed by atoms with Gasteiger partial charge in [-0.2, -0.15) is 0 Å². The van der Waals surface area contributed by atoms with Crippen molar-refractivity contribution >= 4 is 27.4 Å². The van der Waals surface area contributed by atoms with E-state index in [9.17, 15) is 13.2 Å². The van der Waals surface area contributed by atoms with Gasteiger partial charge in [-0.1, -0.05) is 0 Å². The standard InChI is InChI=1S/C9H13N3O4S/c1-11-17(15,16)6-2-3-8(7(10)4-6)12-5-9(13)14/h2-4,11-12H,5,10H2,1H3,(H,13,14). The molecule has 0 saturated carbocycles. The van der Waals surface area contributed by atoms with Crippen molar-refractivity contribution in [1.82, 2.24) is 4.72 Å². The minimum atomic E-state index is -3.54. The van der Waals surface area contributed by atoms with Crippen LogP contribution in [0.25, 0.3) is 0 Å². The highest BCUT2D eigenvalue weighted by Gasteiger charge is 2.12. The van der Waals surface area contributed by atoms with Gasteiger partial charge in [0.2, 0.25) is 10.0 Å². The Hall–Kier alpha value is -1.80. The maximum atomic E-state index is 11.4. The minimum Gasteiger partial charge on any atom is -0.480 e. The van der Waals surface area contributed by atoms with Crippen molar-refractivity contribution in [3.05, 3.63) is 18.2 Å². The summed E-state index contributed by atoms with van der Waals surface area (Å²) in [4.78, 5) is 10.4. The Labute approximate surface area is 98.7 Å². The first-order valence-electron chi connectivity index (χ1n) is 4.65. The summed E-state index contributed by atoms with van der Waals surface area (Å²) in [5, 5.41) is 11.0. The molecule has 0 atom stereocenters. The number of benzene rings is 1. The molecule has 17 heavy (non-hydrogen) atoms. The molecule has 0 aromatic heterocycles. The van der Waals surface area contributed by atoms with Crippen molar-refractivity contribution in [3.8, 4) is 0 Å². The number of carbonyl (C=O) groups is 1. The summed E-state index contributed by atoms with van der Waals surface area (Å²) < 4.78 is 25.1. The van der Waals surface area contributed by atoms with Crippen molar-refractivity contribution in [1.29, 1.82) is 0 Å². The predicted molar refractivity (Wildman–Crippen MR) is 63.2 cm³/mol. The zero-order valence-electron chi connectivity index (χ0n) is 9.10. The lowest BCUT2D eigenvalue weighted by atomic mass is 10.2. The predicted octanol–water partition coefficient (Wildman–Crippen LogP) is -0.327. The SMILES string of the molecule is CNS(=O)(=O)c1ccc(NCC(=O)O)c(N)c1. The Bertz CT molecular complexity index is 527. The van der Waals surface area contributed by atoms with E-state index >= 15 is 0 Å². The number of anilines is 2. The van der Waals surface area contributed by atoms with Crippen LogP contribution in [0.5, 0.6) is 0 Å². The van der Waals surface area contributed by atoms with Gasteiger partial charge >= 0.3 is 5.97 Å². The lowest BCUT2D eigenvalue weighted by Crippen LogP contribution is -2.19. The van der Waals surface area contributed by atoms with Crippen molar-refractivity contribution in [2.45, 2.75) is 4.90 Å². The van der Waals surface area contributed by atoms with Crippen LogP contribution >= 0.6 is 0 Å². The normalized spacial score (nSPS) is 11.1. The van der Waals surface area contributed by atoms with E-state index in [1.165, 1.54) is 25.2 Å². The maximum Gasteiger partial charge on any atom is 0.322 e. The van der Waals surface area contributed by atoms with Gasteiger partial charge in [-0.15, -0.1) is 0 Å². The molecule has 94 valence electrons. The van der Waals surface area contributed by atoms with Crippen LogP contribution in [0.2, 0.25) is 0 Å². The fourth-order valence-corrected chi connectivity index (χ4v) is 1.92. The van der Waals surface area contributed by atoms with Gasteiger partial charge in [-0.05, 0) is 25.2 Å². The van der Waals surface area contributed by atoms with Crippen LogP contribution in [-0.2, 0) is 14.8 Å². The molecule has 0 amide bonds. The van der Waals surface area contributed by atoms with E-state index in [0.29, 0.717) is 5.69 Å². The zero-order valence-corrected chi connectivity index (χ0v) is 9.91. The number of carboxylic acids is 1. The van der Waals surface area contributed by atoms with E-state index < -0.39 is 16.0 Å². The van der Waals surface area contributed by atoms with Crippen LogP contribution in [0, 0.1) is 0 Å². The average Bonchev–Trinajstić information content (AvgIpc) is 2.27. The van der Waals surface area contributed by atoms with Gasteiger partial charge in [0.05, 0.1) is 16.3 Å². The Morgan fingerprint density at radius 1 is 1.47 bits per heavy atom. The van der Waals surface area contributed by atoms with Crippen LogP contribution in [0.15, 0.2) is 23.1 Å². The minimum absolute atomic E-state index is 0.0263. The molecular weight excluding hydrogens is 246 g/mol. The number of hydrogen-bond acceptors (Lipinski definition) is 5. The quantitative estimate of drug-likeness (QED) is 0.537. The summed E-state index contributed by atoms with van der Waals surface area (Å²) >= 11 is 0. The molecule has 0 unspecified atom stereocenters. The molecule has 0 spiro atoms. The van der Waals surface area contributed by atoms with E-state index in [1.807, 2.05) is 0 Å². The summed E-state index contributed by atoms with van der Waals surface area (Å²) in [5.41, 5.74) is 6.16. The van der Waals surface area contributed by atoms with Gasteiger partial charge in [-0.25, -0.2) is 13.1 Å². The highest BCUT2D eigenvalue weighted by Crippen LogP contribution is 2.22. The molecule has 0 radical (unpaired) electrons. The van der Waals surface area contributed by atoms with E-state index in [1.54, 1.807) is 0 Å². The number of nitrogens with one attached hydrogen (secondary N) is 2. The maximum absolute atomic E-state index is 11.4. The Kier molecular flexibility index (Phi) is 3.92. The number of sulfonamides is 1. The molecule has 1 aromatic rings. The molecule has 0 bridgehead atoms. The third kappa shape index (κ3) is 3.33. The number of carboxylic acid groups (broad SMARTS) is 1. The van der Waals surface area contributed by atoms with Gasteiger partial charge in [0, 0.05) is 0 Å². The summed E-state index contributed by atoms with van der Waals surface area (Å²) in [5.74, 6) is -1.03. The first kappa shape index (κ1) is 13.3. The fraction of sp³-hybridized carbons (Fsp3) is 0.222. The first-order chi connectivity index (χ1) is 7.86. The highest BCUT2D eigenvalue weighted by atomic mass is 32.2. The molecule has 0 saturated heterocycles. The van der Waals surface area contributed by atoms with Crippen LogP contribution in [-0.4, -0.2) is 33.1 Å². The summed E-state index contributed by atoms with van der Waals surface area (Å²) in [6.07, 6.45) is 0. The number of hydrogen-bond donors (Lipinski definition) is 4. The Balaban J connectivity index is 2.98. The van der Waals surface area contributed by atoms with Crippen molar-refractivity contribution in [2.75, 3.05) is 24.6 Å².